The van der Waals surface area contributed by atoms with Crippen molar-refractivity contribution in [3.8, 4) is 6.07 Å². The van der Waals surface area contributed by atoms with Crippen molar-refractivity contribution in [2.24, 2.45) is 0 Å². The molecule has 0 fully saturated rings. The third-order valence-electron chi connectivity index (χ3n) is 1.94. The summed E-state index contributed by atoms with van der Waals surface area (Å²) in [7, 11) is 0. The van der Waals surface area contributed by atoms with Crippen molar-refractivity contribution < 1.29 is 26.3 Å². The van der Waals surface area contributed by atoms with Crippen molar-refractivity contribution in [1.82, 2.24) is 0 Å². The highest BCUT2D eigenvalue weighted by atomic mass is 19.4. The zero-order chi connectivity index (χ0) is 14.0. The van der Waals surface area contributed by atoms with Gasteiger partial charge in [0.2, 0.25) is 0 Å². The fourth-order valence-electron chi connectivity index (χ4n) is 1.20. The standard InChI is InChI=1S/C10H6F6N2/c11-9(12,13)5-18-7-1-2-8(10(14,15)16)6(3-7)4-17/h1-3,18H,5H2. The smallest absolute Gasteiger partial charge is 0.376 e. The average molecular weight is 268 g/mol. The molecule has 1 rings (SSSR count). The first-order valence-electron chi connectivity index (χ1n) is 4.55. The Morgan fingerprint density at radius 1 is 1.11 bits per heavy atom. The number of hydrogen-bond donors (Lipinski definition) is 1. The van der Waals surface area contributed by atoms with E-state index in [1.165, 1.54) is 6.07 Å². The molecular formula is C10H6F6N2. The molecular weight excluding hydrogens is 262 g/mol. The first-order valence-corrected chi connectivity index (χ1v) is 4.55. The van der Waals surface area contributed by atoms with Crippen LogP contribution in [0.2, 0.25) is 0 Å². The molecule has 0 spiro atoms. The molecule has 0 amide bonds. The average Bonchev–Trinajstić information content (AvgIpc) is 2.23. The zero-order valence-corrected chi connectivity index (χ0v) is 8.65. The van der Waals surface area contributed by atoms with Crippen LogP contribution in [-0.4, -0.2) is 12.7 Å². The zero-order valence-electron chi connectivity index (χ0n) is 8.65. The van der Waals surface area contributed by atoms with E-state index >= 15 is 0 Å². The number of nitrogens with one attached hydrogen (secondary N) is 1. The molecule has 2 nitrogen and oxygen atoms in total. The van der Waals surface area contributed by atoms with E-state index in [-0.39, 0.29) is 5.69 Å². The highest BCUT2D eigenvalue weighted by Gasteiger charge is 2.33. The summed E-state index contributed by atoms with van der Waals surface area (Å²) in [6, 6.07) is 3.44. The molecule has 1 N–H and O–H groups in total. The summed E-state index contributed by atoms with van der Waals surface area (Å²) in [5.41, 5.74) is -2.10. The molecule has 0 aliphatic heterocycles. The van der Waals surface area contributed by atoms with E-state index in [1.54, 1.807) is 0 Å². The van der Waals surface area contributed by atoms with Gasteiger partial charge in [-0.2, -0.15) is 31.6 Å². The van der Waals surface area contributed by atoms with Crippen LogP contribution in [0.25, 0.3) is 0 Å². The maximum absolute atomic E-state index is 12.4. The summed E-state index contributed by atoms with van der Waals surface area (Å²) < 4.78 is 72.8. The number of halogens is 6. The lowest BCUT2D eigenvalue weighted by Gasteiger charge is -2.12. The Morgan fingerprint density at radius 3 is 2.17 bits per heavy atom. The molecule has 0 radical (unpaired) electrons. The highest BCUT2D eigenvalue weighted by molar-refractivity contribution is 5.53. The first-order chi connectivity index (χ1) is 8.13. The monoisotopic (exact) mass is 268 g/mol. The first kappa shape index (κ1) is 14.2. The van der Waals surface area contributed by atoms with E-state index in [9.17, 15) is 26.3 Å². The fourth-order valence-corrected chi connectivity index (χ4v) is 1.20. The molecule has 98 valence electrons. The Bertz CT molecular complexity index is 469. The number of rotatable bonds is 2. The van der Waals surface area contributed by atoms with Crippen molar-refractivity contribution in [2.45, 2.75) is 12.4 Å². The van der Waals surface area contributed by atoms with Crippen LogP contribution < -0.4 is 5.32 Å². The number of nitriles is 1. The minimum atomic E-state index is -4.71. The number of anilines is 1. The van der Waals surface area contributed by atoms with E-state index in [4.69, 9.17) is 5.26 Å². The van der Waals surface area contributed by atoms with Crippen LogP contribution in [0.15, 0.2) is 18.2 Å². The lowest BCUT2D eigenvalue weighted by molar-refractivity contribution is -0.137. The van der Waals surface area contributed by atoms with Crippen LogP contribution >= 0.6 is 0 Å². The van der Waals surface area contributed by atoms with Crippen molar-refractivity contribution in [2.75, 3.05) is 11.9 Å². The molecule has 0 atom stereocenters. The van der Waals surface area contributed by atoms with Crippen LogP contribution in [-0.2, 0) is 6.18 Å². The van der Waals surface area contributed by atoms with Crippen molar-refractivity contribution in [3.05, 3.63) is 29.3 Å². The van der Waals surface area contributed by atoms with E-state index in [0.717, 1.165) is 12.1 Å². The Hall–Kier alpha value is -1.91. The third-order valence-corrected chi connectivity index (χ3v) is 1.94. The summed E-state index contributed by atoms with van der Waals surface area (Å²) in [5.74, 6) is 0. The highest BCUT2D eigenvalue weighted by Crippen LogP contribution is 2.33. The minimum Gasteiger partial charge on any atom is -0.376 e. The molecule has 0 aliphatic carbocycles. The fraction of sp³-hybridized carbons (Fsp3) is 0.300. The van der Waals surface area contributed by atoms with Gasteiger partial charge < -0.3 is 5.32 Å². The predicted molar refractivity (Wildman–Crippen MR) is 50.7 cm³/mol. The number of nitrogens with zero attached hydrogens (tertiary/aromatic N) is 1. The maximum Gasteiger partial charge on any atom is 0.417 e. The van der Waals surface area contributed by atoms with Crippen LogP contribution in [0.1, 0.15) is 11.1 Å². The lowest BCUT2D eigenvalue weighted by atomic mass is 10.1. The van der Waals surface area contributed by atoms with Gasteiger partial charge in [0.15, 0.2) is 0 Å². The Labute approximate surface area is 97.8 Å². The maximum atomic E-state index is 12.4. The normalized spacial score (nSPS) is 12.1. The van der Waals surface area contributed by atoms with Crippen LogP contribution in [0.3, 0.4) is 0 Å². The summed E-state index contributed by atoms with van der Waals surface area (Å²) in [4.78, 5) is 0. The SMILES string of the molecule is N#Cc1cc(NCC(F)(F)F)ccc1C(F)(F)F. The number of benzene rings is 1. The van der Waals surface area contributed by atoms with E-state index in [1.807, 2.05) is 5.32 Å². The second-order valence-electron chi connectivity index (χ2n) is 3.34. The van der Waals surface area contributed by atoms with Gasteiger partial charge in [0.1, 0.15) is 6.54 Å². The summed E-state index contributed by atoms with van der Waals surface area (Å²) in [5, 5.41) is 10.4. The molecule has 0 bridgehead atoms. The molecule has 0 saturated carbocycles. The number of hydrogen-bond acceptors (Lipinski definition) is 2. The molecule has 8 heteroatoms. The van der Waals surface area contributed by atoms with E-state index in [0.29, 0.717) is 6.07 Å². The van der Waals surface area contributed by atoms with Gasteiger partial charge in [-0.15, -0.1) is 0 Å². The largest absolute Gasteiger partial charge is 0.417 e. The Kier molecular flexibility index (Phi) is 3.74. The summed E-state index contributed by atoms with van der Waals surface area (Å²) in [6.07, 6.45) is -9.21. The van der Waals surface area contributed by atoms with Gasteiger partial charge in [0.05, 0.1) is 17.2 Å². The molecule has 1 aromatic rings. The van der Waals surface area contributed by atoms with Gasteiger partial charge in [-0.3, -0.25) is 0 Å². The summed E-state index contributed by atoms with van der Waals surface area (Å²) >= 11 is 0. The van der Waals surface area contributed by atoms with Crippen molar-refractivity contribution in [3.63, 3.8) is 0 Å². The van der Waals surface area contributed by atoms with Gasteiger partial charge in [-0.05, 0) is 18.2 Å². The van der Waals surface area contributed by atoms with Gasteiger partial charge in [-0.25, -0.2) is 0 Å². The van der Waals surface area contributed by atoms with Gasteiger partial charge >= 0.3 is 12.4 Å². The van der Waals surface area contributed by atoms with Gasteiger partial charge in [0.25, 0.3) is 0 Å². The molecule has 0 unspecified atom stereocenters. The van der Waals surface area contributed by atoms with Crippen molar-refractivity contribution in [1.29, 1.82) is 5.26 Å². The second kappa shape index (κ2) is 4.76. The molecule has 18 heavy (non-hydrogen) atoms. The molecule has 1 aromatic carbocycles. The van der Waals surface area contributed by atoms with Crippen LogP contribution in [0.4, 0.5) is 32.0 Å². The topological polar surface area (TPSA) is 35.8 Å². The Morgan fingerprint density at radius 2 is 1.72 bits per heavy atom. The quantitative estimate of drug-likeness (QED) is 0.832. The summed E-state index contributed by atoms with van der Waals surface area (Å²) in [6.45, 7) is -1.39. The van der Waals surface area contributed by atoms with Crippen molar-refractivity contribution >= 4 is 5.69 Å². The molecule has 0 heterocycles. The molecule has 0 saturated heterocycles. The van der Waals surface area contributed by atoms with Crippen LogP contribution in [0, 0.1) is 11.3 Å². The lowest BCUT2D eigenvalue weighted by Crippen LogP contribution is -2.21. The van der Waals surface area contributed by atoms with E-state index < -0.39 is 30.0 Å². The predicted octanol–water partition coefficient (Wildman–Crippen LogP) is 3.55. The van der Waals surface area contributed by atoms with Gasteiger partial charge in [-0.1, -0.05) is 0 Å². The molecule has 0 aromatic heterocycles. The second-order valence-corrected chi connectivity index (χ2v) is 3.34. The molecule has 0 aliphatic rings. The van der Waals surface area contributed by atoms with Gasteiger partial charge in [0, 0.05) is 5.69 Å². The minimum absolute atomic E-state index is 0.197. The Balaban J connectivity index is 2.97. The number of alkyl halides is 6. The van der Waals surface area contributed by atoms with Crippen LogP contribution in [0.5, 0.6) is 0 Å². The van der Waals surface area contributed by atoms with E-state index in [2.05, 4.69) is 0 Å². The third kappa shape index (κ3) is 3.84.